The van der Waals surface area contributed by atoms with Gasteiger partial charge in [0.15, 0.2) is 0 Å². The van der Waals surface area contributed by atoms with Crippen LogP contribution in [-0.4, -0.2) is 66.2 Å². The molecule has 8 heteroatoms. The van der Waals surface area contributed by atoms with Gasteiger partial charge in [-0.3, -0.25) is 14.7 Å². The summed E-state index contributed by atoms with van der Waals surface area (Å²) in [5.74, 6) is -0.351. The largest absolute Gasteiger partial charge is 0.379 e. The minimum absolute atomic E-state index is 0.237. The number of rotatable bonds is 4. The lowest BCUT2D eigenvalue weighted by Gasteiger charge is -2.41. The van der Waals surface area contributed by atoms with Gasteiger partial charge in [0.2, 0.25) is 0 Å². The van der Waals surface area contributed by atoms with E-state index in [1.807, 2.05) is 36.4 Å². The van der Waals surface area contributed by atoms with Crippen molar-refractivity contribution in [2.45, 2.75) is 18.9 Å². The lowest BCUT2D eigenvalue weighted by atomic mass is 10.0. The second-order valence-electron chi connectivity index (χ2n) is 8.41. The number of para-hydroxylation sites is 2. The number of piperidine rings is 1. The highest BCUT2D eigenvalue weighted by Gasteiger charge is 2.27. The predicted molar refractivity (Wildman–Crippen MR) is 126 cm³/mol. The van der Waals surface area contributed by atoms with E-state index < -0.39 is 0 Å². The van der Waals surface area contributed by atoms with E-state index in [9.17, 15) is 10.1 Å². The molecule has 5 rings (SSSR count). The molecule has 1 aromatic heterocycles. The van der Waals surface area contributed by atoms with Crippen LogP contribution >= 0.6 is 0 Å². The summed E-state index contributed by atoms with van der Waals surface area (Å²) in [6, 6.07) is 15.8. The molecule has 2 saturated heterocycles. The van der Waals surface area contributed by atoms with Crippen LogP contribution in [-0.2, 0) is 4.74 Å². The normalized spacial score (nSPS) is 17.6. The Hall–Kier alpha value is -3.54. The number of carbonyl (C=O) groups is 1. The van der Waals surface area contributed by atoms with E-state index >= 15 is 0 Å². The lowest BCUT2D eigenvalue weighted by molar-refractivity contribution is 0.0115. The first-order valence-electron chi connectivity index (χ1n) is 11.4. The molecule has 2 fully saturated rings. The molecule has 3 aromatic rings. The fourth-order valence-corrected chi connectivity index (χ4v) is 4.66. The standard InChI is InChI=1S/C25H26N6O2/c26-16-18-15-19(28-25(32)23-17-27-21-3-1-2-4-22(21)29-23)5-6-24(18)31-9-7-20(8-10-31)30-11-13-33-14-12-30/h1-6,15,17,20H,7-14H2,(H,28,32). The number of carbonyl (C=O) groups excluding carboxylic acids is 1. The molecular formula is C25H26N6O2. The number of hydrogen-bond donors (Lipinski definition) is 1. The fraction of sp³-hybridized carbons (Fsp3) is 0.360. The van der Waals surface area contributed by atoms with Gasteiger partial charge in [-0.05, 0) is 43.2 Å². The minimum atomic E-state index is -0.351. The second-order valence-corrected chi connectivity index (χ2v) is 8.41. The second kappa shape index (κ2) is 9.53. The molecule has 0 atom stereocenters. The quantitative estimate of drug-likeness (QED) is 0.664. The van der Waals surface area contributed by atoms with Crippen LogP contribution in [0.5, 0.6) is 0 Å². The summed E-state index contributed by atoms with van der Waals surface area (Å²) in [4.78, 5) is 26.2. The third-order valence-electron chi connectivity index (χ3n) is 6.42. The number of ether oxygens (including phenoxy) is 1. The average molecular weight is 443 g/mol. The first kappa shape index (κ1) is 21.3. The number of aromatic nitrogens is 2. The maximum absolute atomic E-state index is 12.7. The summed E-state index contributed by atoms with van der Waals surface area (Å²) in [6.07, 6.45) is 3.61. The lowest BCUT2D eigenvalue weighted by Crippen LogP contribution is -2.49. The molecule has 0 bridgehead atoms. The Kier molecular flexibility index (Phi) is 6.15. The van der Waals surface area contributed by atoms with Crippen LogP contribution in [0.2, 0.25) is 0 Å². The SMILES string of the molecule is N#Cc1cc(NC(=O)c2cnc3ccccc3n2)ccc1N1CCC(N2CCOCC2)CC1. The van der Waals surface area contributed by atoms with Crippen molar-refractivity contribution in [2.24, 2.45) is 0 Å². The number of nitrogens with zero attached hydrogens (tertiary/aromatic N) is 5. The van der Waals surface area contributed by atoms with Gasteiger partial charge in [0, 0.05) is 37.9 Å². The van der Waals surface area contributed by atoms with Crippen molar-refractivity contribution < 1.29 is 9.53 Å². The Bertz CT molecular complexity index is 1190. The summed E-state index contributed by atoms with van der Waals surface area (Å²) in [6.45, 7) is 5.46. The van der Waals surface area contributed by atoms with Crippen molar-refractivity contribution in [3.8, 4) is 6.07 Å². The Labute approximate surface area is 192 Å². The molecular weight excluding hydrogens is 416 g/mol. The fourth-order valence-electron chi connectivity index (χ4n) is 4.66. The maximum atomic E-state index is 12.7. The van der Waals surface area contributed by atoms with Gasteiger partial charge in [0.25, 0.3) is 5.91 Å². The highest BCUT2D eigenvalue weighted by atomic mass is 16.5. The Morgan fingerprint density at radius 2 is 1.82 bits per heavy atom. The number of amides is 1. The first-order valence-corrected chi connectivity index (χ1v) is 11.4. The molecule has 2 aromatic carbocycles. The molecule has 2 aliphatic heterocycles. The molecule has 0 aliphatic carbocycles. The molecule has 0 unspecified atom stereocenters. The number of nitriles is 1. The van der Waals surface area contributed by atoms with Crippen molar-refractivity contribution in [2.75, 3.05) is 49.6 Å². The Morgan fingerprint density at radius 1 is 1.06 bits per heavy atom. The van der Waals surface area contributed by atoms with E-state index in [1.54, 1.807) is 6.07 Å². The zero-order chi connectivity index (χ0) is 22.6. The number of benzene rings is 2. The van der Waals surface area contributed by atoms with Gasteiger partial charge in [-0.25, -0.2) is 4.98 Å². The Morgan fingerprint density at radius 3 is 2.58 bits per heavy atom. The van der Waals surface area contributed by atoms with E-state index in [2.05, 4.69) is 31.2 Å². The van der Waals surface area contributed by atoms with Gasteiger partial charge in [0.05, 0.1) is 41.7 Å². The molecule has 0 spiro atoms. The number of hydrogen-bond acceptors (Lipinski definition) is 7. The van der Waals surface area contributed by atoms with Gasteiger partial charge >= 0.3 is 0 Å². The van der Waals surface area contributed by atoms with Crippen LogP contribution < -0.4 is 10.2 Å². The van der Waals surface area contributed by atoms with Crippen LogP contribution in [0.1, 0.15) is 28.9 Å². The zero-order valence-corrected chi connectivity index (χ0v) is 18.4. The third kappa shape index (κ3) is 4.65. The average Bonchev–Trinajstić information content (AvgIpc) is 2.89. The molecule has 3 heterocycles. The highest BCUT2D eigenvalue weighted by Crippen LogP contribution is 2.28. The molecule has 8 nitrogen and oxygen atoms in total. The Balaban J connectivity index is 1.26. The summed E-state index contributed by atoms with van der Waals surface area (Å²) in [5.41, 5.74) is 3.69. The van der Waals surface area contributed by atoms with Crippen LogP contribution in [0.25, 0.3) is 11.0 Å². The number of anilines is 2. The van der Waals surface area contributed by atoms with E-state index in [0.717, 1.165) is 63.4 Å². The zero-order valence-electron chi connectivity index (χ0n) is 18.4. The van der Waals surface area contributed by atoms with Crippen molar-refractivity contribution >= 4 is 28.3 Å². The topological polar surface area (TPSA) is 94.4 Å². The summed E-state index contributed by atoms with van der Waals surface area (Å²) < 4.78 is 5.47. The van der Waals surface area contributed by atoms with Crippen LogP contribution in [0.15, 0.2) is 48.7 Å². The van der Waals surface area contributed by atoms with E-state index in [0.29, 0.717) is 22.8 Å². The number of nitrogens with one attached hydrogen (secondary N) is 1. The van der Waals surface area contributed by atoms with E-state index in [4.69, 9.17) is 4.74 Å². The van der Waals surface area contributed by atoms with Crippen LogP contribution in [0.4, 0.5) is 11.4 Å². The third-order valence-corrected chi connectivity index (χ3v) is 6.42. The molecule has 1 N–H and O–H groups in total. The maximum Gasteiger partial charge on any atom is 0.275 e. The van der Waals surface area contributed by atoms with Crippen molar-refractivity contribution in [3.63, 3.8) is 0 Å². The van der Waals surface area contributed by atoms with E-state index in [-0.39, 0.29) is 11.6 Å². The molecule has 0 saturated carbocycles. The molecule has 2 aliphatic rings. The molecule has 33 heavy (non-hydrogen) atoms. The summed E-state index contributed by atoms with van der Waals surface area (Å²) in [7, 11) is 0. The van der Waals surface area contributed by atoms with E-state index in [1.165, 1.54) is 6.20 Å². The minimum Gasteiger partial charge on any atom is -0.379 e. The first-order chi connectivity index (χ1) is 16.2. The van der Waals surface area contributed by atoms with Crippen LogP contribution in [0, 0.1) is 11.3 Å². The van der Waals surface area contributed by atoms with Gasteiger partial charge in [-0.15, -0.1) is 0 Å². The van der Waals surface area contributed by atoms with Crippen molar-refractivity contribution in [1.82, 2.24) is 14.9 Å². The smallest absolute Gasteiger partial charge is 0.275 e. The number of fused-ring (bicyclic) bond motifs is 1. The van der Waals surface area contributed by atoms with Gasteiger partial charge in [0.1, 0.15) is 11.8 Å². The van der Waals surface area contributed by atoms with Crippen molar-refractivity contribution in [1.29, 1.82) is 5.26 Å². The highest BCUT2D eigenvalue weighted by molar-refractivity contribution is 6.03. The van der Waals surface area contributed by atoms with Crippen molar-refractivity contribution in [3.05, 3.63) is 59.9 Å². The van der Waals surface area contributed by atoms with Gasteiger partial charge in [-0.1, -0.05) is 12.1 Å². The predicted octanol–water partition coefficient (Wildman–Crippen LogP) is 3.05. The molecule has 168 valence electrons. The monoisotopic (exact) mass is 442 g/mol. The molecule has 0 radical (unpaired) electrons. The molecule has 1 amide bonds. The van der Waals surface area contributed by atoms with Crippen LogP contribution in [0.3, 0.4) is 0 Å². The van der Waals surface area contributed by atoms with Gasteiger partial charge in [-0.2, -0.15) is 5.26 Å². The summed E-state index contributed by atoms with van der Waals surface area (Å²) in [5, 5.41) is 12.6. The number of morpholine rings is 1. The summed E-state index contributed by atoms with van der Waals surface area (Å²) >= 11 is 0. The van der Waals surface area contributed by atoms with Gasteiger partial charge < -0.3 is 15.0 Å².